The zero-order chi connectivity index (χ0) is 18.1. The van der Waals surface area contributed by atoms with Crippen LogP contribution >= 0.6 is 11.7 Å². The summed E-state index contributed by atoms with van der Waals surface area (Å²) in [4.78, 5) is 16.3. The van der Waals surface area contributed by atoms with Crippen LogP contribution in [-0.4, -0.2) is 55.6 Å². The minimum Gasteiger partial charge on any atom is -0.295 e. The highest BCUT2D eigenvalue weighted by atomic mass is 32.2. The van der Waals surface area contributed by atoms with Crippen molar-refractivity contribution in [2.24, 2.45) is 5.92 Å². The summed E-state index contributed by atoms with van der Waals surface area (Å²) < 4.78 is 35.5. The number of hydrogen-bond acceptors (Lipinski definition) is 8. The van der Waals surface area contributed by atoms with Crippen LogP contribution in [0, 0.1) is 5.92 Å². The second-order valence-corrected chi connectivity index (χ2v) is 8.32. The number of piperidine rings is 1. The average molecular weight is 393 g/mol. The number of amides is 1. The first-order chi connectivity index (χ1) is 12.6. The summed E-state index contributed by atoms with van der Waals surface area (Å²) in [6.45, 7) is 0.537. The van der Waals surface area contributed by atoms with E-state index in [0.29, 0.717) is 23.9 Å². The smallest absolute Gasteiger partial charge is 0.245 e. The Kier molecular flexibility index (Phi) is 4.38. The molecule has 1 aromatic carbocycles. The van der Waals surface area contributed by atoms with Gasteiger partial charge in [0.2, 0.25) is 21.9 Å². The van der Waals surface area contributed by atoms with Crippen LogP contribution in [0.4, 0.5) is 5.95 Å². The number of aromatic nitrogens is 5. The molecule has 2 aromatic heterocycles. The molecule has 0 spiro atoms. The van der Waals surface area contributed by atoms with E-state index < -0.39 is 10.0 Å². The van der Waals surface area contributed by atoms with Gasteiger partial charge in [-0.15, -0.1) is 0 Å². The molecule has 26 heavy (non-hydrogen) atoms. The predicted octanol–water partition coefficient (Wildman–Crippen LogP) is 0.849. The summed E-state index contributed by atoms with van der Waals surface area (Å²) in [6, 6.07) is 4.94. The van der Waals surface area contributed by atoms with Gasteiger partial charge in [0.1, 0.15) is 22.3 Å². The summed E-state index contributed by atoms with van der Waals surface area (Å²) in [5.41, 5.74) is 0.958. The quantitative estimate of drug-likeness (QED) is 0.671. The lowest BCUT2D eigenvalue weighted by molar-refractivity contribution is -0.121. The largest absolute Gasteiger partial charge is 0.295 e. The highest BCUT2D eigenvalue weighted by Gasteiger charge is 2.33. The third kappa shape index (κ3) is 3.06. The fourth-order valence-electron chi connectivity index (χ4n) is 2.97. The van der Waals surface area contributed by atoms with Crippen molar-refractivity contribution in [3.63, 3.8) is 0 Å². The number of nitrogens with zero attached hydrogens (tertiary/aromatic N) is 5. The van der Waals surface area contributed by atoms with E-state index in [-0.39, 0.29) is 35.8 Å². The highest BCUT2D eigenvalue weighted by Crippen LogP contribution is 2.28. The van der Waals surface area contributed by atoms with Gasteiger partial charge in [0, 0.05) is 19.0 Å². The Hall–Kier alpha value is -2.44. The highest BCUT2D eigenvalue weighted by molar-refractivity contribution is 7.89. The number of carbonyl (C=O) groups excluding carboxylic acids is 1. The van der Waals surface area contributed by atoms with Gasteiger partial charge in [0.15, 0.2) is 0 Å². The van der Waals surface area contributed by atoms with Gasteiger partial charge in [-0.3, -0.25) is 10.1 Å². The number of hydrogen-bond donors (Lipinski definition) is 2. The van der Waals surface area contributed by atoms with E-state index in [1.54, 1.807) is 18.2 Å². The SMILES string of the molecule is O=C(Nc1ncn[nH]1)C1CCN(S(=O)(=O)c2cccc3nsnc23)CC1. The van der Waals surface area contributed by atoms with E-state index in [2.05, 4.69) is 29.2 Å². The van der Waals surface area contributed by atoms with Crippen LogP contribution in [0.25, 0.3) is 11.0 Å². The molecule has 1 fully saturated rings. The molecular formula is C14H15N7O3S2. The van der Waals surface area contributed by atoms with Gasteiger partial charge in [-0.1, -0.05) is 6.07 Å². The molecule has 1 amide bonds. The molecule has 10 nitrogen and oxygen atoms in total. The minimum atomic E-state index is -3.68. The normalized spacial score (nSPS) is 16.8. The molecule has 1 saturated heterocycles. The molecule has 3 heterocycles. The van der Waals surface area contributed by atoms with Crippen molar-refractivity contribution in [2.75, 3.05) is 18.4 Å². The van der Waals surface area contributed by atoms with Crippen molar-refractivity contribution in [1.29, 1.82) is 0 Å². The van der Waals surface area contributed by atoms with Crippen LogP contribution in [-0.2, 0) is 14.8 Å². The van der Waals surface area contributed by atoms with Crippen LogP contribution in [0.15, 0.2) is 29.4 Å². The Morgan fingerprint density at radius 2 is 2.08 bits per heavy atom. The molecule has 0 atom stereocenters. The first-order valence-electron chi connectivity index (χ1n) is 7.93. The summed E-state index contributed by atoms with van der Waals surface area (Å²) in [5, 5.41) is 8.88. The standard InChI is InChI=1S/C14H15N7O3S2/c22-13(17-14-15-8-16-18-14)9-4-6-21(7-5-9)26(23,24)11-3-1-2-10-12(11)20-25-19-10/h1-3,8-9H,4-7H2,(H2,15,16,17,18,22). The van der Waals surface area contributed by atoms with E-state index in [4.69, 9.17) is 0 Å². The van der Waals surface area contributed by atoms with Gasteiger partial charge in [-0.25, -0.2) is 13.5 Å². The van der Waals surface area contributed by atoms with Crippen LogP contribution in [0.5, 0.6) is 0 Å². The summed E-state index contributed by atoms with van der Waals surface area (Å²) in [6.07, 6.45) is 2.17. The number of benzene rings is 1. The van der Waals surface area contributed by atoms with E-state index in [1.807, 2.05) is 0 Å². The molecular weight excluding hydrogens is 378 g/mol. The molecule has 12 heteroatoms. The monoisotopic (exact) mass is 393 g/mol. The van der Waals surface area contributed by atoms with Gasteiger partial charge >= 0.3 is 0 Å². The second-order valence-electron chi connectivity index (χ2n) is 5.89. The number of sulfonamides is 1. The molecule has 136 valence electrons. The average Bonchev–Trinajstić information content (AvgIpc) is 3.32. The summed E-state index contributed by atoms with van der Waals surface area (Å²) in [7, 11) is -3.68. The van der Waals surface area contributed by atoms with E-state index >= 15 is 0 Å². The second kappa shape index (κ2) is 6.70. The van der Waals surface area contributed by atoms with Crippen molar-refractivity contribution >= 4 is 44.6 Å². The zero-order valence-electron chi connectivity index (χ0n) is 13.5. The van der Waals surface area contributed by atoms with E-state index in [1.165, 1.54) is 10.6 Å². The Balaban J connectivity index is 1.47. The summed E-state index contributed by atoms with van der Waals surface area (Å²) in [5.74, 6) is -0.180. The van der Waals surface area contributed by atoms with Crippen molar-refractivity contribution < 1.29 is 13.2 Å². The van der Waals surface area contributed by atoms with Crippen LogP contribution in [0.1, 0.15) is 12.8 Å². The molecule has 0 saturated carbocycles. The number of carbonyl (C=O) groups is 1. The van der Waals surface area contributed by atoms with Crippen LogP contribution in [0.3, 0.4) is 0 Å². The van der Waals surface area contributed by atoms with Crippen LogP contribution < -0.4 is 5.32 Å². The van der Waals surface area contributed by atoms with Crippen molar-refractivity contribution in [3.05, 3.63) is 24.5 Å². The molecule has 1 aliphatic heterocycles. The first kappa shape index (κ1) is 17.0. The van der Waals surface area contributed by atoms with E-state index in [0.717, 1.165) is 11.7 Å². The maximum Gasteiger partial charge on any atom is 0.245 e. The topological polar surface area (TPSA) is 134 Å². The predicted molar refractivity (Wildman–Crippen MR) is 93.9 cm³/mol. The number of anilines is 1. The molecule has 0 radical (unpaired) electrons. The summed E-state index contributed by atoms with van der Waals surface area (Å²) >= 11 is 0.986. The first-order valence-corrected chi connectivity index (χ1v) is 10.1. The van der Waals surface area contributed by atoms with Gasteiger partial charge < -0.3 is 0 Å². The maximum atomic E-state index is 13.0. The molecule has 0 bridgehead atoms. The number of aromatic amines is 1. The fourth-order valence-corrected chi connectivity index (χ4v) is 5.19. The maximum absolute atomic E-state index is 13.0. The zero-order valence-corrected chi connectivity index (χ0v) is 15.1. The van der Waals surface area contributed by atoms with Crippen LogP contribution in [0.2, 0.25) is 0 Å². The molecule has 0 aliphatic carbocycles. The third-order valence-electron chi connectivity index (χ3n) is 4.35. The Morgan fingerprint density at radius 1 is 1.27 bits per heavy atom. The molecule has 3 aromatic rings. The molecule has 0 unspecified atom stereocenters. The van der Waals surface area contributed by atoms with Gasteiger partial charge in [0.25, 0.3) is 0 Å². The number of nitrogens with one attached hydrogen (secondary N) is 2. The number of fused-ring (bicyclic) bond motifs is 1. The Bertz CT molecular complexity index is 1020. The molecule has 1 aliphatic rings. The molecule has 4 rings (SSSR count). The number of rotatable bonds is 4. The Morgan fingerprint density at radius 3 is 2.81 bits per heavy atom. The lowest BCUT2D eigenvalue weighted by Crippen LogP contribution is -2.41. The van der Waals surface area contributed by atoms with Crippen molar-refractivity contribution in [2.45, 2.75) is 17.7 Å². The van der Waals surface area contributed by atoms with Crippen molar-refractivity contribution in [3.8, 4) is 0 Å². The Labute approximate surface area is 153 Å². The van der Waals surface area contributed by atoms with Gasteiger partial charge in [-0.05, 0) is 25.0 Å². The number of H-pyrrole nitrogens is 1. The van der Waals surface area contributed by atoms with Gasteiger partial charge in [-0.2, -0.15) is 23.1 Å². The van der Waals surface area contributed by atoms with E-state index in [9.17, 15) is 13.2 Å². The molecule has 2 N–H and O–H groups in total. The fraction of sp³-hybridized carbons (Fsp3) is 0.357. The minimum absolute atomic E-state index is 0.160. The lowest BCUT2D eigenvalue weighted by atomic mass is 9.97. The lowest BCUT2D eigenvalue weighted by Gasteiger charge is -2.30. The van der Waals surface area contributed by atoms with Crippen molar-refractivity contribution in [1.82, 2.24) is 28.2 Å². The van der Waals surface area contributed by atoms with Gasteiger partial charge in [0.05, 0.1) is 11.7 Å². The third-order valence-corrected chi connectivity index (χ3v) is 6.82.